The van der Waals surface area contributed by atoms with Crippen LogP contribution in [0.2, 0.25) is 0 Å². The van der Waals surface area contributed by atoms with Gasteiger partial charge in [-0.25, -0.2) is 4.98 Å². The average molecular weight is 327 g/mol. The van der Waals surface area contributed by atoms with Crippen LogP contribution in [0.15, 0.2) is 12.3 Å². The van der Waals surface area contributed by atoms with Gasteiger partial charge in [0.05, 0.1) is 12.1 Å². The molecule has 0 aliphatic heterocycles. The number of aliphatic carboxylic acids is 1. The van der Waals surface area contributed by atoms with E-state index in [0.717, 1.165) is 24.2 Å². The summed E-state index contributed by atoms with van der Waals surface area (Å²) in [7, 11) is 0. The molecule has 0 spiro atoms. The van der Waals surface area contributed by atoms with Crippen LogP contribution < -0.4 is 5.73 Å². The van der Waals surface area contributed by atoms with Crippen molar-refractivity contribution in [1.29, 1.82) is 5.26 Å². The van der Waals surface area contributed by atoms with Crippen molar-refractivity contribution in [1.82, 2.24) is 14.8 Å². The number of nitrogen functional groups attached to an aromatic ring is 1. The van der Waals surface area contributed by atoms with E-state index < -0.39 is 5.97 Å². The molecule has 1 unspecified atom stereocenters. The molecule has 0 aliphatic carbocycles. The zero-order chi connectivity index (χ0) is 17.9. The number of rotatable bonds is 6. The lowest BCUT2D eigenvalue weighted by Gasteiger charge is -2.13. The fourth-order valence-electron chi connectivity index (χ4n) is 2.66. The van der Waals surface area contributed by atoms with Crippen molar-refractivity contribution in [2.45, 2.75) is 46.1 Å². The summed E-state index contributed by atoms with van der Waals surface area (Å²) in [5.74, 6) is -1.09. The molecule has 24 heavy (non-hydrogen) atoms. The van der Waals surface area contributed by atoms with E-state index >= 15 is 0 Å². The molecule has 2 aromatic rings. The van der Waals surface area contributed by atoms with Gasteiger partial charge in [0.1, 0.15) is 17.5 Å². The second-order valence-corrected chi connectivity index (χ2v) is 5.86. The summed E-state index contributed by atoms with van der Waals surface area (Å²) in [5, 5.41) is 22.9. The summed E-state index contributed by atoms with van der Waals surface area (Å²) in [4.78, 5) is 15.2. The second-order valence-electron chi connectivity index (χ2n) is 5.86. The lowest BCUT2D eigenvalue weighted by Crippen LogP contribution is -2.08. The van der Waals surface area contributed by atoms with Gasteiger partial charge in [0.25, 0.3) is 0 Å². The first-order chi connectivity index (χ1) is 11.4. The highest BCUT2D eigenvalue weighted by molar-refractivity contribution is 5.77. The number of carboxylic acids is 1. The molecule has 0 radical (unpaired) electrons. The number of carbonyl (C=O) groups is 1. The van der Waals surface area contributed by atoms with Gasteiger partial charge in [0.15, 0.2) is 0 Å². The number of aryl methyl sites for hydroxylation is 2. The van der Waals surface area contributed by atoms with E-state index in [9.17, 15) is 10.1 Å². The summed E-state index contributed by atoms with van der Waals surface area (Å²) in [6, 6.07) is 3.85. The van der Waals surface area contributed by atoms with Crippen LogP contribution >= 0.6 is 0 Å². The summed E-state index contributed by atoms with van der Waals surface area (Å²) >= 11 is 0. The first kappa shape index (κ1) is 17.5. The standard InChI is InChI=1S/C17H21N5O2/c1-4-5-22-9-14(11(3)21-22)12-7-15(10(2)6-16(23)24)20-17(19)13(12)8-18/h7,9-10H,4-6H2,1-3H3,(H2,19,20)(H,23,24). The number of carboxylic acid groups (broad SMARTS) is 1. The van der Waals surface area contributed by atoms with Gasteiger partial charge >= 0.3 is 5.97 Å². The highest BCUT2D eigenvalue weighted by atomic mass is 16.4. The molecule has 0 amide bonds. The van der Waals surface area contributed by atoms with E-state index in [1.807, 2.05) is 17.8 Å². The molecule has 7 heteroatoms. The molecule has 2 rings (SSSR count). The van der Waals surface area contributed by atoms with Gasteiger partial charge < -0.3 is 10.8 Å². The minimum atomic E-state index is -0.902. The maximum Gasteiger partial charge on any atom is 0.304 e. The van der Waals surface area contributed by atoms with Crippen LogP contribution in [0.5, 0.6) is 0 Å². The number of hydrogen-bond donors (Lipinski definition) is 2. The van der Waals surface area contributed by atoms with Crippen molar-refractivity contribution >= 4 is 11.8 Å². The molecule has 0 saturated heterocycles. The van der Waals surface area contributed by atoms with Gasteiger partial charge in [-0.05, 0) is 19.4 Å². The maximum absolute atomic E-state index is 11.0. The Labute approximate surface area is 140 Å². The number of nitrogens with zero attached hydrogens (tertiary/aromatic N) is 4. The first-order valence-electron chi connectivity index (χ1n) is 7.84. The van der Waals surface area contributed by atoms with E-state index in [4.69, 9.17) is 10.8 Å². The predicted molar refractivity (Wildman–Crippen MR) is 90.3 cm³/mol. The number of aromatic nitrogens is 3. The van der Waals surface area contributed by atoms with Crippen LogP contribution in [0.4, 0.5) is 5.82 Å². The Morgan fingerprint density at radius 2 is 2.21 bits per heavy atom. The number of hydrogen-bond acceptors (Lipinski definition) is 5. The number of nitrogens with two attached hydrogens (primary N) is 1. The fourth-order valence-corrected chi connectivity index (χ4v) is 2.66. The zero-order valence-corrected chi connectivity index (χ0v) is 14.1. The molecular weight excluding hydrogens is 306 g/mol. The monoisotopic (exact) mass is 327 g/mol. The smallest absolute Gasteiger partial charge is 0.304 e. The number of anilines is 1. The van der Waals surface area contributed by atoms with Gasteiger partial charge in [-0.1, -0.05) is 13.8 Å². The van der Waals surface area contributed by atoms with Crippen LogP contribution in [-0.4, -0.2) is 25.8 Å². The lowest BCUT2D eigenvalue weighted by molar-refractivity contribution is -0.137. The molecule has 2 heterocycles. The van der Waals surface area contributed by atoms with Crippen LogP contribution in [0, 0.1) is 18.3 Å². The quantitative estimate of drug-likeness (QED) is 0.842. The molecule has 1 atom stereocenters. The Hall–Kier alpha value is -2.88. The number of pyridine rings is 1. The third kappa shape index (κ3) is 3.54. The molecule has 0 aliphatic rings. The SMILES string of the molecule is CCCn1cc(-c2cc(C(C)CC(=O)O)nc(N)c2C#N)c(C)n1. The van der Waals surface area contributed by atoms with Crippen LogP contribution in [0.1, 0.15) is 49.6 Å². The normalized spacial score (nSPS) is 11.9. The van der Waals surface area contributed by atoms with Crippen LogP contribution in [0.25, 0.3) is 11.1 Å². The zero-order valence-electron chi connectivity index (χ0n) is 14.1. The largest absolute Gasteiger partial charge is 0.481 e. The van der Waals surface area contributed by atoms with E-state index in [1.54, 1.807) is 13.0 Å². The minimum Gasteiger partial charge on any atom is -0.481 e. The lowest BCUT2D eigenvalue weighted by atomic mass is 9.96. The second kappa shape index (κ2) is 7.13. The van der Waals surface area contributed by atoms with Crippen LogP contribution in [-0.2, 0) is 11.3 Å². The van der Waals surface area contributed by atoms with Gasteiger partial charge in [0.2, 0.25) is 0 Å². The molecule has 0 aromatic carbocycles. The van der Waals surface area contributed by atoms with E-state index in [2.05, 4.69) is 23.1 Å². The number of nitriles is 1. The Bertz CT molecular complexity index is 804. The fraction of sp³-hybridized carbons (Fsp3) is 0.412. The van der Waals surface area contributed by atoms with Gasteiger partial charge in [-0.2, -0.15) is 10.4 Å². The summed E-state index contributed by atoms with van der Waals surface area (Å²) in [6.07, 6.45) is 2.79. The molecule has 0 fully saturated rings. The third-order valence-electron chi connectivity index (χ3n) is 3.85. The predicted octanol–water partition coefficient (Wildman–Crippen LogP) is 2.70. The van der Waals surface area contributed by atoms with E-state index in [-0.39, 0.29) is 18.2 Å². The molecule has 126 valence electrons. The molecule has 7 nitrogen and oxygen atoms in total. The topological polar surface area (TPSA) is 118 Å². The first-order valence-corrected chi connectivity index (χ1v) is 7.84. The van der Waals surface area contributed by atoms with Gasteiger partial charge in [0, 0.05) is 35.5 Å². The molecular formula is C17H21N5O2. The van der Waals surface area contributed by atoms with Gasteiger partial charge in [-0.15, -0.1) is 0 Å². The van der Waals surface area contributed by atoms with Crippen molar-refractivity contribution in [3.63, 3.8) is 0 Å². The molecule has 3 N–H and O–H groups in total. The summed E-state index contributed by atoms with van der Waals surface area (Å²) < 4.78 is 1.84. The highest BCUT2D eigenvalue weighted by Crippen LogP contribution is 2.32. The van der Waals surface area contributed by atoms with Crippen molar-refractivity contribution in [2.24, 2.45) is 0 Å². The summed E-state index contributed by atoms with van der Waals surface area (Å²) in [5.41, 5.74) is 9.06. The Morgan fingerprint density at radius 3 is 2.79 bits per heavy atom. The summed E-state index contributed by atoms with van der Waals surface area (Å²) in [6.45, 7) is 6.50. The van der Waals surface area contributed by atoms with E-state index in [0.29, 0.717) is 16.8 Å². The molecule has 0 bridgehead atoms. The average Bonchev–Trinajstić information content (AvgIpc) is 2.86. The highest BCUT2D eigenvalue weighted by Gasteiger charge is 2.20. The third-order valence-corrected chi connectivity index (χ3v) is 3.85. The van der Waals surface area contributed by atoms with Crippen LogP contribution in [0.3, 0.4) is 0 Å². The molecule has 2 aromatic heterocycles. The Kier molecular flexibility index (Phi) is 5.19. The van der Waals surface area contributed by atoms with Crippen molar-refractivity contribution in [3.8, 4) is 17.2 Å². The van der Waals surface area contributed by atoms with Crippen molar-refractivity contribution in [3.05, 3.63) is 29.2 Å². The molecule has 0 saturated carbocycles. The van der Waals surface area contributed by atoms with Crippen molar-refractivity contribution < 1.29 is 9.90 Å². The van der Waals surface area contributed by atoms with Gasteiger partial charge in [-0.3, -0.25) is 9.48 Å². The maximum atomic E-state index is 11.0. The van der Waals surface area contributed by atoms with E-state index in [1.165, 1.54) is 0 Å². The minimum absolute atomic E-state index is 0.0497. The Balaban J connectivity index is 2.57. The Morgan fingerprint density at radius 1 is 1.50 bits per heavy atom. The van der Waals surface area contributed by atoms with Crippen molar-refractivity contribution in [2.75, 3.05) is 5.73 Å².